The van der Waals surface area contributed by atoms with E-state index in [0.717, 1.165) is 28.6 Å². The number of hydrogen-bond donors (Lipinski definition) is 1. The maximum Gasteiger partial charge on any atom is 0.416 e. The van der Waals surface area contributed by atoms with E-state index in [-0.39, 0.29) is 17.1 Å². The summed E-state index contributed by atoms with van der Waals surface area (Å²) in [6.45, 7) is 0.180. The third kappa shape index (κ3) is 4.54. The van der Waals surface area contributed by atoms with Crippen LogP contribution in [0.2, 0.25) is 0 Å². The minimum atomic E-state index is -4.47. The van der Waals surface area contributed by atoms with Gasteiger partial charge in [0.25, 0.3) is 0 Å². The molecule has 2 aromatic carbocycles. The maximum atomic E-state index is 12.9. The van der Waals surface area contributed by atoms with E-state index in [2.05, 4.69) is 5.32 Å². The van der Waals surface area contributed by atoms with Gasteiger partial charge in [-0.05, 0) is 61.4 Å². The van der Waals surface area contributed by atoms with Gasteiger partial charge < -0.3 is 10.1 Å². The zero-order valence-corrected chi connectivity index (χ0v) is 16.3. The molecule has 156 valence electrons. The van der Waals surface area contributed by atoms with Gasteiger partial charge in [-0.15, -0.1) is 0 Å². The van der Waals surface area contributed by atoms with E-state index in [0.29, 0.717) is 18.6 Å². The zero-order valence-electron chi connectivity index (χ0n) is 15.4. The molecule has 1 amide bonds. The number of rotatable bonds is 5. The van der Waals surface area contributed by atoms with Crippen LogP contribution in [0.25, 0.3) is 0 Å². The summed E-state index contributed by atoms with van der Waals surface area (Å²) in [5, 5.41) is 2.50. The summed E-state index contributed by atoms with van der Waals surface area (Å²) in [5.41, 5.74) is -0.670. The predicted molar refractivity (Wildman–Crippen MR) is 100.0 cm³/mol. The van der Waals surface area contributed by atoms with E-state index < -0.39 is 33.7 Å². The van der Waals surface area contributed by atoms with Gasteiger partial charge in [0, 0.05) is 12.2 Å². The number of carbonyl (C=O) groups excluding carboxylic acids is 1. The second-order valence-electron chi connectivity index (χ2n) is 6.51. The summed E-state index contributed by atoms with van der Waals surface area (Å²) in [6, 6.07) is 8.88. The first kappa shape index (κ1) is 21.1. The average molecular weight is 428 g/mol. The maximum absolute atomic E-state index is 12.9. The van der Waals surface area contributed by atoms with Crippen molar-refractivity contribution < 1.29 is 31.1 Å². The first-order valence-corrected chi connectivity index (χ1v) is 10.2. The molecule has 3 rings (SSSR count). The smallest absolute Gasteiger partial charge is 0.416 e. The highest BCUT2D eigenvalue weighted by Gasteiger charge is 2.39. The van der Waals surface area contributed by atoms with Crippen molar-refractivity contribution in [2.75, 3.05) is 19.0 Å². The summed E-state index contributed by atoms with van der Waals surface area (Å²) >= 11 is 0. The summed E-state index contributed by atoms with van der Waals surface area (Å²) in [4.78, 5) is 12.7. The molecule has 1 fully saturated rings. The third-order valence-electron chi connectivity index (χ3n) is 4.65. The minimum Gasteiger partial charge on any atom is -0.497 e. The fourth-order valence-electron chi connectivity index (χ4n) is 3.14. The van der Waals surface area contributed by atoms with Crippen molar-refractivity contribution in [3.05, 3.63) is 54.1 Å². The molecule has 0 saturated carbocycles. The molecule has 29 heavy (non-hydrogen) atoms. The molecular formula is C19H19F3N2O4S. The van der Waals surface area contributed by atoms with Crippen LogP contribution in [0.5, 0.6) is 5.75 Å². The van der Waals surface area contributed by atoms with Crippen LogP contribution >= 0.6 is 0 Å². The Morgan fingerprint density at radius 2 is 1.72 bits per heavy atom. The summed E-state index contributed by atoms with van der Waals surface area (Å²) in [7, 11) is -2.44. The van der Waals surface area contributed by atoms with Crippen LogP contribution in [0.4, 0.5) is 18.9 Å². The van der Waals surface area contributed by atoms with E-state index in [1.807, 2.05) is 0 Å². The largest absolute Gasteiger partial charge is 0.497 e. The van der Waals surface area contributed by atoms with E-state index in [1.54, 1.807) is 0 Å². The first-order valence-electron chi connectivity index (χ1n) is 8.77. The predicted octanol–water partition coefficient (Wildman–Crippen LogP) is 3.51. The molecule has 1 aliphatic heterocycles. The van der Waals surface area contributed by atoms with Gasteiger partial charge in [-0.3, -0.25) is 4.79 Å². The van der Waals surface area contributed by atoms with Gasteiger partial charge in [-0.2, -0.15) is 17.5 Å². The number of ether oxygens (including phenoxy) is 1. The van der Waals surface area contributed by atoms with E-state index >= 15 is 0 Å². The van der Waals surface area contributed by atoms with Crippen LogP contribution in [0.3, 0.4) is 0 Å². The number of carbonyl (C=O) groups is 1. The van der Waals surface area contributed by atoms with Gasteiger partial charge in [0.05, 0.1) is 17.6 Å². The van der Waals surface area contributed by atoms with Gasteiger partial charge in [0.15, 0.2) is 0 Å². The molecule has 0 radical (unpaired) electrons. The van der Waals surface area contributed by atoms with Crippen LogP contribution in [0.15, 0.2) is 53.4 Å². The average Bonchev–Trinajstić information content (AvgIpc) is 3.19. The van der Waals surface area contributed by atoms with Crippen LogP contribution in [-0.4, -0.2) is 38.3 Å². The van der Waals surface area contributed by atoms with Crippen molar-refractivity contribution in [1.29, 1.82) is 0 Å². The molecule has 1 unspecified atom stereocenters. The van der Waals surface area contributed by atoms with Gasteiger partial charge in [0.1, 0.15) is 11.8 Å². The molecule has 10 heteroatoms. The van der Waals surface area contributed by atoms with Crippen LogP contribution < -0.4 is 10.1 Å². The SMILES string of the molecule is COc1ccc(S(=O)(=O)N2CCCC2C(=O)Nc2ccc(C(F)(F)F)cc2)cc1. The van der Waals surface area contributed by atoms with Crippen LogP contribution in [0, 0.1) is 0 Å². The lowest BCUT2D eigenvalue weighted by Gasteiger charge is -2.23. The van der Waals surface area contributed by atoms with Crippen molar-refractivity contribution in [1.82, 2.24) is 4.31 Å². The number of amides is 1. The lowest BCUT2D eigenvalue weighted by atomic mass is 10.2. The fourth-order valence-corrected chi connectivity index (χ4v) is 4.80. The topological polar surface area (TPSA) is 75.7 Å². The summed E-state index contributed by atoms with van der Waals surface area (Å²) in [5.74, 6) is -0.0821. The second-order valence-corrected chi connectivity index (χ2v) is 8.40. The number of nitrogens with one attached hydrogen (secondary N) is 1. The number of sulfonamides is 1. The van der Waals surface area contributed by atoms with Crippen molar-refractivity contribution in [3.8, 4) is 5.75 Å². The van der Waals surface area contributed by atoms with E-state index in [9.17, 15) is 26.4 Å². The summed E-state index contributed by atoms with van der Waals surface area (Å²) < 4.78 is 70.0. The van der Waals surface area contributed by atoms with Gasteiger partial charge in [-0.25, -0.2) is 8.42 Å². The number of methoxy groups -OCH3 is 1. The molecular weight excluding hydrogens is 409 g/mol. The number of hydrogen-bond acceptors (Lipinski definition) is 4. The van der Waals surface area contributed by atoms with Crippen molar-refractivity contribution in [3.63, 3.8) is 0 Å². The Kier molecular flexibility index (Phi) is 5.85. The standard InChI is InChI=1S/C19H19F3N2O4S/c1-28-15-8-10-16(11-9-15)29(26,27)24-12-2-3-17(24)18(25)23-14-6-4-13(5-7-14)19(20,21)22/h4-11,17H,2-3,12H2,1H3,(H,23,25). The summed E-state index contributed by atoms with van der Waals surface area (Å²) in [6.07, 6.45) is -3.65. The number of nitrogens with zero attached hydrogens (tertiary/aromatic N) is 1. The Balaban J connectivity index is 1.76. The van der Waals surface area contributed by atoms with Gasteiger partial charge >= 0.3 is 6.18 Å². The monoisotopic (exact) mass is 428 g/mol. The molecule has 1 N–H and O–H groups in total. The molecule has 0 aliphatic carbocycles. The number of alkyl halides is 3. The Labute approximate surface area is 166 Å². The molecule has 0 spiro atoms. The molecule has 0 aromatic heterocycles. The highest BCUT2D eigenvalue weighted by atomic mass is 32.2. The molecule has 1 atom stereocenters. The lowest BCUT2D eigenvalue weighted by Crippen LogP contribution is -2.43. The fraction of sp³-hybridized carbons (Fsp3) is 0.316. The molecule has 0 bridgehead atoms. The van der Waals surface area contributed by atoms with Crippen molar-refractivity contribution in [2.45, 2.75) is 30.0 Å². The number of benzene rings is 2. The van der Waals surface area contributed by atoms with E-state index in [4.69, 9.17) is 4.74 Å². The number of anilines is 1. The van der Waals surface area contributed by atoms with Crippen molar-refractivity contribution >= 4 is 21.6 Å². The molecule has 1 heterocycles. The van der Waals surface area contributed by atoms with Gasteiger partial charge in [0.2, 0.25) is 15.9 Å². The van der Waals surface area contributed by atoms with Crippen LogP contribution in [0.1, 0.15) is 18.4 Å². The molecule has 6 nitrogen and oxygen atoms in total. The quantitative estimate of drug-likeness (QED) is 0.791. The highest BCUT2D eigenvalue weighted by molar-refractivity contribution is 7.89. The third-order valence-corrected chi connectivity index (χ3v) is 6.57. The Bertz CT molecular complexity index is 974. The van der Waals surface area contributed by atoms with E-state index in [1.165, 1.54) is 31.4 Å². The second kappa shape index (κ2) is 8.03. The van der Waals surface area contributed by atoms with Crippen molar-refractivity contribution in [2.24, 2.45) is 0 Å². The molecule has 2 aromatic rings. The normalized spacial score (nSPS) is 17.9. The Morgan fingerprint density at radius 3 is 2.28 bits per heavy atom. The Hall–Kier alpha value is -2.59. The molecule has 1 saturated heterocycles. The zero-order chi connectivity index (χ0) is 21.2. The number of halogens is 3. The first-order chi connectivity index (χ1) is 13.6. The lowest BCUT2D eigenvalue weighted by molar-refractivity contribution is -0.137. The highest BCUT2D eigenvalue weighted by Crippen LogP contribution is 2.31. The van der Waals surface area contributed by atoms with Crippen LogP contribution in [-0.2, 0) is 21.0 Å². The van der Waals surface area contributed by atoms with Gasteiger partial charge in [-0.1, -0.05) is 0 Å². The molecule has 1 aliphatic rings. The Morgan fingerprint density at radius 1 is 1.10 bits per heavy atom. The minimum absolute atomic E-state index is 0.0348.